The summed E-state index contributed by atoms with van der Waals surface area (Å²) in [5, 5.41) is 21.2. The molecule has 0 unspecified atom stereocenters. The second-order valence-corrected chi connectivity index (χ2v) is 3.21. The van der Waals surface area contributed by atoms with Crippen molar-refractivity contribution in [2.75, 3.05) is 12.4 Å². The van der Waals surface area contributed by atoms with Crippen LogP contribution in [0.5, 0.6) is 0 Å². The van der Waals surface area contributed by atoms with E-state index in [0.29, 0.717) is 0 Å². The number of nitrogens with one attached hydrogen (secondary N) is 3. The fraction of sp³-hybridized carbons (Fsp3) is 0.143. The molecule has 0 aliphatic rings. The van der Waals surface area contributed by atoms with Crippen LogP contribution in [0.3, 0.4) is 0 Å². The minimum Gasteiger partial charge on any atom is -0.370 e. The zero-order valence-corrected chi connectivity index (χ0v) is 7.98. The van der Waals surface area contributed by atoms with Gasteiger partial charge in [-0.1, -0.05) is 0 Å². The molecular weight excluding hydrogens is 186 g/mol. The Morgan fingerprint density at radius 3 is 2.77 bits per heavy atom. The molecule has 13 heavy (non-hydrogen) atoms. The molecule has 1 heterocycles. The van der Waals surface area contributed by atoms with Gasteiger partial charge in [-0.05, 0) is 11.4 Å². The molecule has 70 valence electrons. The van der Waals surface area contributed by atoms with Crippen LogP contribution in [-0.2, 0) is 0 Å². The topological polar surface area (TPSA) is 89.0 Å². The maximum atomic E-state index is 7.50. The first-order valence-electron chi connectivity index (χ1n) is 3.57. The first-order valence-corrected chi connectivity index (χ1v) is 4.51. The third-order valence-electron chi connectivity index (χ3n) is 1.48. The molecule has 1 rings (SSSR count). The fourth-order valence-corrected chi connectivity index (χ4v) is 1.26. The van der Waals surface area contributed by atoms with Crippen LogP contribution in [-0.4, -0.2) is 23.9 Å². The van der Waals surface area contributed by atoms with E-state index < -0.39 is 0 Å². The number of thiophene rings is 1. The quantitative estimate of drug-likeness (QED) is 0.398. The highest BCUT2D eigenvalue weighted by molar-refractivity contribution is 7.08. The molecule has 0 saturated carbocycles. The maximum absolute atomic E-state index is 7.50. The van der Waals surface area contributed by atoms with Crippen molar-refractivity contribution in [3.05, 3.63) is 16.8 Å². The van der Waals surface area contributed by atoms with Crippen molar-refractivity contribution >= 4 is 28.9 Å². The molecule has 0 bridgehead atoms. The lowest BCUT2D eigenvalue weighted by Gasteiger charge is -2.17. The highest BCUT2D eigenvalue weighted by atomic mass is 32.1. The van der Waals surface area contributed by atoms with Gasteiger partial charge in [0.2, 0.25) is 5.96 Å². The van der Waals surface area contributed by atoms with Crippen LogP contribution in [0.1, 0.15) is 0 Å². The Labute approximate surface area is 80.2 Å². The number of nitrogens with two attached hydrogens (primary N) is 1. The summed E-state index contributed by atoms with van der Waals surface area (Å²) in [5.41, 5.74) is 6.03. The van der Waals surface area contributed by atoms with Crippen molar-refractivity contribution in [3.63, 3.8) is 0 Å². The van der Waals surface area contributed by atoms with E-state index in [1.807, 2.05) is 16.8 Å². The largest absolute Gasteiger partial charge is 0.370 e. The Bertz CT molecular complexity index is 305. The van der Waals surface area contributed by atoms with Crippen LogP contribution in [0.25, 0.3) is 0 Å². The SMILES string of the molecule is CN(C(=N)N)C(=N)Nc1ccsc1. The number of hydrogen-bond acceptors (Lipinski definition) is 3. The summed E-state index contributed by atoms with van der Waals surface area (Å²) in [7, 11) is 1.56. The Hall–Kier alpha value is -1.56. The Balaban J connectivity index is 2.56. The van der Waals surface area contributed by atoms with E-state index >= 15 is 0 Å². The van der Waals surface area contributed by atoms with E-state index in [9.17, 15) is 0 Å². The lowest BCUT2D eigenvalue weighted by Crippen LogP contribution is -2.41. The number of rotatable bonds is 1. The van der Waals surface area contributed by atoms with Gasteiger partial charge in [0, 0.05) is 12.4 Å². The zero-order valence-electron chi connectivity index (χ0n) is 7.16. The first kappa shape index (κ1) is 9.53. The average molecular weight is 197 g/mol. The molecule has 1 aromatic heterocycles. The molecule has 0 aromatic carbocycles. The van der Waals surface area contributed by atoms with Crippen LogP contribution >= 0.6 is 11.3 Å². The molecule has 0 aliphatic heterocycles. The molecule has 6 heteroatoms. The maximum Gasteiger partial charge on any atom is 0.202 e. The van der Waals surface area contributed by atoms with E-state index in [2.05, 4.69) is 5.32 Å². The summed E-state index contributed by atoms with van der Waals surface area (Å²) in [6, 6.07) is 1.85. The number of anilines is 1. The highest BCUT2D eigenvalue weighted by Gasteiger charge is 2.06. The van der Waals surface area contributed by atoms with E-state index in [4.69, 9.17) is 16.6 Å². The minimum absolute atomic E-state index is 0.0888. The normalized spacial score (nSPS) is 9.31. The van der Waals surface area contributed by atoms with Gasteiger partial charge in [-0.3, -0.25) is 15.7 Å². The standard InChI is InChI=1S/C7H11N5S/c1-12(6(8)9)7(10)11-5-2-3-13-4-5/h2-4H,1H3,(H3,8,9)(H2,10,11). The van der Waals surface area contributed by atoms with E-state index in [0.717, 1.165) is 5.69 Å². The summed E-state index contributed by atoms with van der Waals surface area (Å²) in [6.07, 6.45) is 0. The molecule has 0 fully saturated rings. The Morgan fingerprint density at radius 2 is 2.31 bits per heavy atom. The predicted octanol–water partition coefficient (Wildman–Crippen LogP) is 0.920. The second-order valence-electron chi connectivity index (χ2n) is 2.43. The number of nitrogens with zero attached hydrogens (tertiary/aromatic N) is 1. The van der Waals surface area contributed by atoms with Crippen molar-refractivity contribution in [1.29, 1.82) is 10.8 Å². The number of hydrogen-bond donors (Lipinski definition) is 4. The summed E-state index contributed by atoms with van der Waals surface area (Å²) in [6.45, 7) is 0. The smallest absolute Gasteiger partial charge is 0.202 e. The molecule has 0 atom stereocenters. The fourth-order valence-electron chi connectivity index (χ4n) is 0.677. The molecule has 1 aromatic rings. The van der Waals surface area contributed by atoms with Crippen molar-refractivity contribution < 1.29 is 0 Å². The molecule has 5 N–H and O–H groups in total. The molecule has 0 saturated heterocycles. The summed E-state index contributed by atoms with van der Waals surface area (Å²) >= 11 is 1.54. The highest BCUT2D eigenvalue weighted by Crippen LogP contribution is 2.11. The second kappa shape index (κ2) is 3.90. The average Bonchev–Trinajstić information content (AvgIpc) is 2.55. The summed E-state index contributed by atoms with van der Waals surface area (Å²) in [5.74, 6) is -0.0707. The van der Waals surface area contributed by atoms with Crippen LogP contribution in [0.2, 0.25) is 0 Å². The molecule has 0 amide bonds. The predicted molar refractivity (Wildman–Crippen MR) is 55.3 cm³/mol. The van der Waals surface area contributed by atoms with Gasteiger partial charge in [0.25, 0.3) is 0 Å². The third-order valence-corrected chi connectivity index (χ3v) is 2.16. The van der Waals surface area contributed by atoms with Gasteiger partial charge in [0.05, 0.1) is 5.69 Å². The lowest BCUT2D eigenvalue weighted by molar-refractivity contribution is 0.725. The van der Waals surface area contributed by atoms with Gasteiger partial charge in [-0.2, -0.15) is 11.3 Å². The molecule has 5 nitrogen and oxygen atoms in total. The minimum atomic E-state index is -0.160. The van der Waals surface area contributed by atoms with Crippen LogP contribution < -0.4 is 11.1 Å². The van der Waals surface area contributed by atoms with E-state index in [1.165, 1.54) is 16.2 Å². The van der Waals surface area contributed by atoms with Gasteiger partial charge >= 0.3 is 0 Å². The monoisotopic (exact) mass is 197 g/mol. The molecular formula is C7H11N5S. The van der Waals surface area contributed by atoms with Crippen molar-refractivity contribution in [3.8, 4) is 0 Å². The zero-order chi connectivity index (χ0) is 9.84. The van der Waals surface area contributed by atoms with E-state index in [-0.39, 0.29) is 11.9 Å². The van der Waals surface area contributed by atoms with Crippen molar-refractivity contribution in [2.45, 2.75) is 0 Å². The Kier molecular flexibility index (Phi) is 2.86. The first-order chi connectivity index (χ1) is 6.11. The van der Waals surface area contributed by atoms with Crippen LogP contribution in [0, 0.1) is 10.8 Å². The lowest BCUT2D eigenvalue weighted by atomic mass is 10.5. The van der Waals surface area contributed by atoms with Gasteiger partial charge in [0.15, 0.2) is 5.96 Å². The van der Waals surface area contributed by atoms with Gasteiger partial charge in [0.1, 0.15) is 0 Å². The summed E-state index contributed by atoms with van der Waals surface area (Å²) in [4.78, 5) is 1.25. The van der Waals surface area contributed by atoms with Gasteiger partial charge in [-0.15, -0.1) is 0 Å². The molecule has 0 radical (unpaired) electrons. The summed E-state index contributed by atoms with van der Waals surface area (Å²) < 4.78 is 0. The van der Waals surface area contributed by atoms with Crippen LogP contribution in [0.15, 0.2) is 16.8 Å². The third kappa shape index (κ3) is 2.45. The Morgan fingerprint density at radius 1 is 1.62 bits per heavy atom. The molecule has 0 spiro atoms. The molecule has 0 aliphatic carbocycles. The van der Waals surface area contributed by atoms with E-state index in [1.54, 1.807) is 7.05 Å². The van der Waals surface area contributed by atoms with Crippen molar-refractivity contribution in [1.82, 2.24) is 4.90 Å². The van der Waals surface area contributed by atoms with Crippen LogP contribution in [0.4, 0.5) is 5.69 Å². The number of guanidine groups is 2. The van der Waals surface area contributed by atoms with Gasteiger partial charge < -0.3 is 11.1 Å². The van der Waals surface area contributed by atoms with Gasteiger partial charge in [-0.25, -0.2) is 0 Å². The van der Waals surface area contributed by atoms with Crippen molar-refractivity contribution in [2.24, 2.45) is 5.73 Å².